The number of halogens is 1. The number of pyridine rings is 2. The summed E-state index contributed by atoms with van der Waals surface area (Å²) in [6.45, 7) is 5.30. The second-order valence-corrected chi connectivity index (χ2v) is 7.65. The number of nitrogens with zero attached hydrogens (tertiary/aromatic N) is 3. The number of anilines is 3. The van der Waals surface area contributed by atoms with Crippen LogP contribution >= 0.6 is 11.6 Å². The first kappa shape index (κ1) is 20.4. The number of nitrogens with one attached hydrogen (secondary N) is 1. The molecule has 0 atom stereocenters. The predicted octanol–water partition coefficient (Wildman–Crippen LogP) is 4.08. The number of rotatable bonds is 3. The summed E-state index contributed by atoms with van der Waals surface area (Å²) in [5.74, 6) is -0.109. The topological polar surface area (TPSA) is 124 Å². The van der Waals surface area contributed by atoms with Gasteiger partial charge in [-0.15, -0.1) is 0 Å². The Kier molecular flexibility index (Phi) is 5.34. The molecule has 3 aromatic rings. The van der Waals surface area contributed by atoms with Crippen LogP contribution in [0.5, 0.6) is 0 Å². The first-order valence-electron chi connectivity index (χ1n) is 8.64. The van der Waals surface area contributed by atoms with Gasteiger partial charge in [0.25, 0.3) is 5.91 Å². The first-order chi connectivity index (χ1) is 13.5. The lowest BCUT2D eigenvalue weighted by Gasteiger charge is -2.24. The van der Waals surface area contributed by atoms with E-state index in [9.17, 15) is 9.59 Å². The molecule has 9 nitrogen and oxygen atoms in total. The highest BCUT2D eigenvalue weighted by Gasteiger charge is 2.24. The second-order valence-electron chi connectivity index (χ2n) is 7.22. The van der Waals surface area contributed by atoms with Gasteiger partial charge in [0.15, 0.2) is 5.58 Å². The van der Waals surface area contributed by atoms with Crippen LogP contribution < -0.4 is 16.0 Å². The van der Waals surface area contributed by atoms with Crippen molar-refractivity contribution in [2.45, 2.75) is 26.4 Å². The summed E-state index contributed by atoms with van der Waals surface area (Å²) in [5.41, 5.74) is 6.03. The average molecular weight is 418 g/mol. The van der Waals surface area contributed by atoms with Crippen LogP contribution in [-0.4, -0.2) is 34.6 Å². The molecule has 0 aromatic carbocycles. The maximum atomic E-state index is 12.5. The Bertz CT molecular complexity index is 1070. The molecule has 0 unspecified atom stereocenters. The van der Waals surface area contributed by atoms with Gasteiger partial charge in [-0.1, -0.05) is 11.6 Å². The SMILES string of the molecule is CN(C(=O)OC(C)(C)C)c1ccc2oc(C(=O)Nc3ccc(Cl)cn3)c(N)c2n1. The van der Waals surface area contributed by atoms with Crippen LogP contribution in [0.1, 0.15) is 31.3 Å². The van der Waals surface area contributed by atoms with Crippen molar-refractivity contribution in [1.29, 1.82) is 0 Å². The van der Waals surface area contributed by atoms with Gasteiger partial charge in [-0.05, 0) is 45.0 Å². The summed E-state index contributed by atoms with van der Waals surface area (Å²) < 4.78 is 10.9. The van der Waals surface area contributed by atoms with Gasteiger partial charge in [0.05, 0.1) is 5.02 Å². The summed E-state index contributed by atoms with van der Waals surface area (Å²) >= 11 is 5.78. The molecule has 3 N–H and O–H groups in total. The molecule has 10 heteroatoms. The molecule has 0 radical (unpaired) electrons. The number of fused-ring (bicyclic) bond motifs is 1. The smallest absolute Gasteiger partial charge is 0.415 e. The standard InChI is InChI=1S/C19H20ClN5O4/c1-19(2,3)29-18(27)25(4)13-8-6-11-15(24-13)14(21)16(28-11)17(26)23-12-7-5-10(20)9-22-12/h5-9H,21H2,1-4H3,(H,22,23,26). The van der Waals surface area contributed by atoms with Crippen molar-refractivity contribution in [1.82, 2.24) is 9.97 Å². The number of ether oxygens (including phenoxy) is 1. The fourth-order valence-electron chi connectivity index (χ4n) is 2.39. The summed E-state index contributed by atoms with van der Waals surface area (Å²) in [4.78, 5) is 34.3. The molecule has 152 valence electrons. The van der Waals surface area contributed by atoms with Crippen molar-refractivity contribution in [2.75, 3.05) is 23.0 Å². The van der Waals surface area contributed by atoms with E-state index in [4.69, 9.17) is 26.5 Å². The lowest BCUT2D eigenvalue weighted by atomic mass is 10.2. The van der Waals surface area contributed by atoms with E-state index >= 15 is 0 Å². The van der Waals surface area contributed by atoms with Crippen LogP contribution in [-0.2, 0) is 4.74 Å². The minimum absolute atomic E-state index is 0.0471. The van der Waals surface area contributed by atoms with Crippen molar-refractivity contribution >= 4 is 52.0 Å². The first-order valence-corrected chi connectivity index (χ1v) is 9.01. The molecule has 0 fully saturated rings. The van der Waals surface area contributed by atoms with Gasteiger partial charge < -0.3 is 20.2 Å². The molecule has 0 saturated heterocycles. The van der Waals surface area contributed by atoms with E-state index in [0.29, 0.717) is 16.4 Å². The number of aromatic nitrogens is 2. The molecule has 3 aromatic heterocycles. The van der Waals surface area contributed by atoms with Crippen molar-refractivity contribution in [3.05, 3.63) is 41.2 Å². The van der Waals surface area contributed by atoms with Crippen LogP contribution in [0, 0.1) is 0 Å². The Balaban J connectivity index is 1.87. The van der Waals surface area contributed by atoms with Crippen LogP contribution in [0.3, 0.4) is 0 Å². The van der Waals surface area contributed by atoms with E-state index in [1.54, 1.807) is 45.0 Å². The van der Waals surface area contributed by atoms with E-state index < -0.39 is 17.6 Å². The van der Waals surface area contributed by atoms with Crippen molar-refractivity contribution in [3.63, 3.8) is 0 Å². The number of nitrogen functional groups attached to an aromatic ring is 1. The van der Waals surface area contributed by atoms with Crippen molar-refractivity contribution in [3.8, 4) is 0 Å². The molecular formula is C19H20ClN5O4. The van der Waals surface area contributed by atoms with E-state index in [1.165, 1.54) is 18.1 Å². The number of furan rings is 1. The molecule has 0 aliphatic rings. The molecule has 0 aliphatic heterocycles. The third-order valence-electron chi connectivity index (χ3n) is 3.74. The molecule has 2 amide bonds. The Morgan fingerprint density at radius 2 is 1.97 bits per heavy atom. The lowest BCUT2D eigenvalue weighted by Crippen LogP contribution is -2.34. The minimum Gasteiger partial charge on any atom is -0.447 e. The van der Waals surface area contributed by atoms with E-state index in [1.807, 2.05) is 0 Å². The summed E-state index contributed by atoms with van der Waals surface area (Å²) in [5, 5.41) is 3.02. The molecule has 0 saturated carbocycles. The number of amides is 2. The number of hydrogen-bond donors (Lipinski definition) is 2. The van der Waals surface area contributed by atoms with Gasteiger partial charge in [-0.3, -0.25) is 9.69 Å². The van der Waals surface area contributed by atoms with Gasteiger partial charge in [-0.2, -0.15) is 0 Å². The number of carbonyl (C=O) groups is 2. The average Bonchev–Trinajstić information content (AvgIpc) is 2.98. The van der Waals surface area contributed by atoms with Crippen molar-refractivity contribution in [2.24, 2.45) is 0 Å². The molecule has 0 aliphatic carbocycles. The quantitative estimate of drug-likeness (QED) is 0.657. The van der Waals surface area contributed by atoms with E-state index in [2.05, 4.69) is 15.3 Å². The Labute approximate surface area is 171 Å². The zero-order chi connectivity index (χ0) is 21.3. The van der Waals surface area contributed by atoms with Gasteiger partial charge in [-0.25, -0.2) is 14.8 Å². The summed E-state index contributed by atoms with van der Waals surface area (Å²) in [6, 6.07) is 6.28. The molecular weight excluding hydrogens is 398 g/mol. The highest BCUT2D eigenvalue weighted by Crippen LogP contribution is 2.29. The van der Waals surface area contributed by atoms with Crippen LogP contribution in [0.15, 0.2) is 34.9 Å². The van der Waals surface area contributed by atoms with Crippen molar-refractivity contribution < 1.29 is 18.7 Å². The third kappa shape index (κ3) is 4.57. The summed E-state index contributed by atoms with van der Waals surface area (Å²) in [6.07, 6.45) is 0.831. The Morgan fingerprint density at radius 3 is 2.59 bits per heavy atom. The third-order valence-corrected chi connectivity index (χ3v) is 3.97. The number of carbonyl (C=O) groups excluding carboxylic acids is 2. The minimum atomic E-state index is -0.648. The van der Waals surface area contributed by atoms with Gasteiger partial charge in [0, 0.05) is 13.2 Å². The fourth-order valence-corrected chi connectivity index (χ4v) is 2.50. The zero-order valence-electron chi connectivity index (χ0n) is 16.3. The highest BCUT2D eigenvalue weighted by atomic mass is 35.5. The molecule has 3 heterocycles. The van der Waals surface area contributed by atoms with E-state index in [-0.39, 0.29) is 22.8 Å². The van der Waals surface area contributed by atoms with Gasteiger partial charge >= 0.3 is 6.09 Å². The molecule has 3 rings (SSSR count). The largest absolute Gasteiger partial charge is 0.447 e. The lowest BCUT2D eigenvalue weighted by molar-refractivity contribution is 0.0588. The van der Waals surface area contributed by atoms with Gasteiger partial charge in [0.2, 0.25) is 5.76 Å². The monoisotopic (exact) mass is 417 g/mol. The Morgan fingerprint density at radius 1 is 1.24 bits per heavy atom. The summed E-state index contributed by atoms with van der Waals surface area (Å²) in [7, 11) is 1.53. The fraction of sp³-hybridized carbons (Fsp3) is 0.263. The second kappa shape index (κ2) is 7.59. The molecule has 0 bridgehead atoms. The Hall–Kier alpha value is -3.33. The number of hydrogen-bond acceptors (Lipinski definition) is 7. The van der Waals surface area contributed by atoms with E-state index in [0.717, 1.165) is 0 Å². The normalized spacial score (nSPS) is 11.3. The molecule has 29 heavy (non-hydrogen) atoms. The highest BCUT2D eigenvalue weighted by molar-refractivity contribution is 6.30. The van der Waals surface area contributed by atoms with Crippen LogP contribution in [0.25, 0.3) is 11.1 Å². The maximum Gasteiger partial charge on any atom is 0.415 e. The van der Waals surface area contributed by atoms with Crippen LogP contribution in [0.2, 0.25) is 5.02 Å². The zero-order valence-corrected chi connectivity index (χ0v) is 17.1. The van der Waals surface area contributed by atoms with Crippen LogP contribution in [0.4, 0.5) is 22.1 Å². The maximum absolute atomic E-state index is 12.5. The number of nitrogens with two attached hydrogens (primary N) is 1. The molecule has 0 spiro atoms. The van der Waals surface area contributed by atoms with Gasteiger partial charge in [0.1, 0.15) is 28.4 Å². The predicted molar refractivity (Wildman–Crippen MR) is 110 cm³/mol.